The summed E-state index contributed by atoms with van der Waals surface area (Å²) in [4.78, 5) is 30.2. The fraction of sp³-hybridized carbons (Fsp3) is 0.310. The van der Waals surface area contributed by atoms with Gasteiger partial charge in [0.2, 0.25) is 0 Å². The van der Waals surface area contributed by atoms with Crippen molar-refractivity contribution in [2.75, 3.05) is 60.3 Å². The summed E-state index contributed by atoms with van der Waals surface area (Å²) in [7, 11) is 1.69. The van der Waals surface area contributed by atoms with Gasteiger partial charge in [-0.3, -0.25) is 4.79 Å². The zero-order valence-electron chi connectivity index (χ0n) is 21.7. The van der Waals surface area contributed by atoms with Crippen LogP contribution < -0.4 is 30.5 Å². The molecule has 0 spiro atoms. The van der Waals surface area contributed by atoms with Gasteiger partial charge in [0.15, 0.2) is 0 Å². The van der Waals surface area contributed by atoms with E-state index in [9.17, 15) is 9.59 Å². The van der Waals surface area contributed by atoms with E-state index in [0.717, 1.165) is 55.3 Å². The molecule has 3 amide bonds. The van der Waals surface area contributed by atoms with Gasteiger partial charge in [-0.15, -0.1) is 0 Å². The van der Waals surface area contributed by atoms with Crippen LogP contribution in [0.5, 0.6) is 5.75 Å². The van der Waals surface area contributed by atoms with Gasteiger partial charge in [0.1, 0.15) is 5.75 Å². The summed E-state index contributed by atoms with van der Waals surface area (Å²) in [5.74, 6) is 0.710. The number of carbonyl (C=O) groups excluding carboxylic acids is 2. The molecule has 0 aromatic heterocycles. The van der Waals surface area contributed by atoms with Crippen molar-refractivity contribution in [1.82, 2.24) is 5.32 Å². The molecule has 0 atom stereocenters. The Hall–Kier alpha value is -4.20. The zero-order chi connectivity index (χ0) is 26.2. The first-order chi connectivity index (χ1) is 18.0. The fourth-order valence-corrected chi connectivity index (χ4v) is 4.41. The molecule has 0 unspecified atom stereocenters. The average Bonchev–Trinajstić information content (AvgIpc) is 2.93. The van der Waals surface area contributed by atoms with Crippen LogP contribution in [0, 0.1) is 6.92 Å². The number of nitrogens with one attached hydrogen (secondary N) is 3. The lowest BCUT2D eigenvalue weighted by atomic mass is 10.1. The van der Waals surface area contributed by atoms with Crippen molar-refractivity contribution < 1.29 is 14.3 Å². The van der Waals surface area contributed by atoms with E-state index in [-0.39, 0.29) is 11.9 Å². The number of piperazine rings is 1. The predicted octanol–water partition coefficient (Wildman–Crippen LogP) is 5.11. The Labute approximate surface area is 218 Å². The van der Waals surface area contributed by atoms with Crippen LogP contribution in [0.3, 0.4) is 0 Å². The predicted molar refractivity (Wildman–Crippen MR) is 150 cm³/mol. The van der Waals surface area contributed by atoms with Crippen LogP contribution in [-0.4, -0.2) is 51.8 Å². The average molecular weight is 502 g/mol. The van der Waals surface area contributed by atoms with Gasteiger partial charge in [-0.2, -0.15) is 0 Å². The number of benzene rings is 3. The van der Waals surface area contributed by atoms with Gasteiger partial charge in [0.25, 0.3) is 5.91 Å². The molecule has 3 N–H and O–H groups in total. The van der Waals surface area contributed by atoms with Gasteiger partial charge in [0, 0.05) is 49.8 Å². The van der Waals surface area contributed by atoms with Crippen LogP contribution in [-0.2, 0) is 0 Å². The molecule has 1 aliphatic rings. The van der Waals surface area contributed by atoms with Crippen molar-refractivity contribution in [1.29, 1.82) is 0 Å². The molecule has 1 heterocycles. The molecule has 1 fully saturated rings. The number of carbonyl (C=O) groups is 2. The maximum atomic E-state index is 13.1. The van der Waals surface area contributed by atoms with E-state index in [2.05, 4.69) is 31.8 Å². The molecule has 3 aromatic carbocycles. The monoisotopic (exact) mass is 501 g/mol. The minimum absolute atomic E-state index is 0.147. The molecule has 0 bridgehead atoms. The molecular weight excluding hydrogens is 466 g/mol. The molecule has 0 radical (unpaired) electrons. The van der Waals surface area contributed by atoms with E-state index in [4.69, 9.17) is 4.74 Å². The van der Waals surface area contributed by atoms with Crippen LogP contribution in [0.25, 0.3) is 0 Å². The number of para-hydroxylation sites is 2. The highest BCUT2D eigenvalue weighted by atomic mass is 16.5. The maximum absolute atomic E-state index is 13.1. The van der Waals surface area contributed by atoms with E-state index < -0.39 is 0 Å². The number of methoxy groups -OCH3 is 1. The number of urea groups is 1. The summed E-state index contributed by atoms with van der Waals surface area (Å²) in [5.41, 5.74) is 4.86. The number of amides is 3. The van der Waals surface area contributed by atoms with Crippen LogP contribution in [0.4, 0.5) is 27.5 Å². The van der Waals surface area contributed by atoms with Crippen molar-refractivity contribution >= 4 is 34.7 Å². The fourth-order valence-electron chi connectivity index (χ4n) is 4.41. The van der Waals surface area contributed by atoms with Crippen molar-refractivity contribution in [3.05, 3.63) is 77.9 Å². The molecule has 194 valence electrons. The molecule has 4 rings (SSSR count). The third-order valence-corrected chi connectivity index (χ3v) is 6.39. The van der Waals surface area contributed by atoms with E-state index >= 15 is 0 Å². The van der Waals surface area contributed by atoms with Gasteiger partial charge >= 0.3 is 6.03 Å². The number of ether oxygens (including phenoxy) is 1. The topological polar surface area (TPSA) is 85.9 Å². The highest BCUT2D eigenvalue weighted by Gasteiger charge is 2.23. The van der Waals surface area contributed by atoms with E-state index in [1.54, 1.807) is 13.2 Å². The molecular formula is C29H35N5O3. The van der Waals surface area contributed by atoms with Gasteiger partial charge < -0.3 is 30.5 Å². The smallest absolute Gasteiger partial charge is 0.323 e. The molecule has 0 saturated carbocycles. The largest absolute Gasteiger partial charge is 0.495 e. The summed E-state index contributed by atoms with van der Waals surface area (Å²) in [6.07, 6.45) is 0.843. The summed E-state index contributed by atoms with van der Waals surface area (Å²) in [6.45, 7) is 7.72. The second kappa shape index (κ2) is 12.2. The molecule has 0 aliphatic carbocycles. The van der Waals surface area contributed by atoms with E-state index in [0.29, 0.717) is 23.5 Å². The van der Waals surface area contributed by atoms with Crippen molar-refractivity contribution in [3.8, 4) is 5.75 Å². The lowest BCUT2D eigenvalue weighted by Gasteiger charge is -2.38. The van der Waals surface area contributed by atoms with Gasteiger partial charge in [-0.05, 0) is 55.8 Å². The summed E-state index contributed by atoms with van der Waals surface area (Å²) >= 11 is 0. The first kappa shape index (κ1) is 25.9. The Bertz CT molecular complexity index is 1220. The SMILES string of the molecule is CCCNC(=O)c1cc(NC(=O)Nc2ccc(C)cc2)ccc1N1CCN(c2ccccc2OC)CC1. The van der Waals surface area contributed by atoms with Crippen molar-refractivity contribution in [2.24, 2.45) is 0 Å². The Balaban J connectivity index is 1.49. The maximum Gasteiger partial charge on any atom is 0.323 e. The number of anilines is 4. The third kappa shape index (κ3) is 6.52. The number of nitrogens with zero attached hydrogens (tertiary/aromatic N) is 2. The Kier molecular flexibility index (Phi) is 8.51. The Morgan fingerprint density at radius 2 is 1.46 bits per heavy atom. The normalized spacial score (nSPS) is 13.2. The highest BCUT2D eigenvalue weighted by Crippen LogP contribution is 2.31. The Morgan fingerprint density at radius 1 is 0.838 bits per heavy atom. The van der Waals surface area contributed by atoms with E-state index in [1.165, 1.54) is 0 Å². The molecule has 8 nitrogen and oxygen atoms in total. The number of hydrogen-bond donors (Lipinski definition) is 3. The third-order valence-electron chi connectivity index (χ3n) is 6.39. The minimum atomic E-state index is -0.359. The minimum Gasteiger partial charge on any atom is -0.495 e. The standard InChI is InChI=1S/C29H35N5O3/c1-4-15-30-28(35)24-20-23(32-29(36)31-22-11-9-21(2)10-12-22)13-14-25(24)33-16-18-34(19-17-33)26-7-5-6-8-27(26)37-3/h5-14,20H,4,15-19H2,1-3H3,(H,30,35)(H2,31,32,36). The summed E-state index contributed by atoms with van der Waals surface area (Å²) < 4.78 is 5.54. The molecule has 8 heteroatoms. The first-order valence-corrected chi connectivity index (χ1v) is 12.7. The van der Waals surface area contributed by atoms with Gasteiger partial charge in [-0.25, -0.2) is 4.79 Å². The Morgan fingerprint density at radius 3 is 2.14 bits per heavy atom. The summed E-state index contributed by atoms with van der Waals surface area (Å²) in [5, 5.41) is 8.67. The van der Waals surface area contributed by atoms with Crippen molar-refractivity contribution in [2.45, 2.75) is 20.3 Å². The highest BCUT2D eigenvalue weighted by molar-refractivity contribution is 6.04. The second-order valence-corrected chi connectivity index (χ2v) is 9.08. The van der Waals surface area contributed by atoms with E-state index in [1.807, 2.05) is 68.4 Å². The molecule has 1 saturated heterocycles. The van der Waals surface area contributed by atoms with Crippen LogP contribution in [0.1, 0.15) is 29.3 Å². The summed E-state index contributed by atoms with van der Waals surface area (Å²) in [6, 6.07) is 20.8. The van der Waals surface area contributed by atoms with Gasteiger partial charge in [0.05, 0.1) is 18.4 Å². The second-order valence-electron chi connectivity index (χ2n) is 9.08. The van der Waals surface area contributed by atoms with Gasteiger partial charge in [-0.1, -0.05) is 36.8 Å². The number of aryl methyl sites for hydroxylation is 1. The van der Waals surface area contributed by atoms with Crippen LogP contribution >= 0.6 is 0 Å². The molecule has 1 aliphatic heterocycles. The quantitative estimate of drug-likeness (QED) is 0.399. The van der Waals surface area contributed by atoms with Crippen LogP contribution in [0.15, 0.2) is 66.7 Å². The van der Waals surface area contributed by atoms with Crippen molar-refractivity contribution in [3.63, 3.8) is 0 Å². The molecule has 37 heavy (non-hydrogen) atoms. The lowest BCUT2D eigenvalue weighted by Crippen LogP contribution is -2.47. The lowest BCUT2D eigenvalue weighted by molar-refractivity contribution is 0.0954. The molecule has 3 aromatic rings. The zero-order valence-corrected chi connectivity index (χ0v) is 21.7. The number of rotatable bonds is 8. The first-order valence-electron chi connectivity index (χ1n) is 12.7. The number of hydrogen-bond acceptors (Lipinski definition) is 5. The van der Waals surface area contributed by atoms with Crippen LogP contribution in [0.2, 0.25) is 0 Å².